The summed E-state index contributed by atoms with van der Waals surface area (Å²) in [5, 5.41) is 1.62. The molecule has 1 aliphatic rings. The van der Waals surface area contributed by atoms with E-state index in [0.29, 0.717) is 23.4 Å². The topological polar surface area (TPSA) is 75.7 Å². The summed E-state index contributed by atoms with van der Waals surface area (Å²) >= 11 is 0. The van der Waals surface area contributed by atoms with Crippen molar-refractivity contribution in [2.75, 3.05) is 7.11 Å². The van der Waals surface area contributed by atoms with Crippen LogP contribution in [0, 0.1) is 0 Å². The molecule has 1 N–H and O–H groups in total. The number of ether oxygens (including phenoxy) is 1. The second-order valence-corrected chi connectivity index (χ2v) is 9.18. The Bertz CT molecular complexity index is 1510. The van der Waals surface area contributed by atoms with Crippen molar-refractivity contribution in [2.24, 2.45) is 0 Å². The number of hydrogen-bond acceptors (Lipinski definition) is 4. The molecule has 3 aromatic rings. The highest BCUT2D eigenvalue weighted by molar-refractivity contribution is 6.19. The third kappa shape index (κ3) is 5.41. The van der Waals surface area contributed by atoms with Crippen LogP contribution in [0.2, 0.25) is 0 Å². The lowest BCUT2D eigenvalue weighted by Gasteiger charge is -2.33. The Hall–Kier alpha value is -4.61. The first-order valence-electron chi connectivity index (χ1n) is 12.0. The number of allylic oxidation sites excluding steroid dienone is 1. The van der Waals surface area contributed by atoms with Crippen LogP contribution in [0.5, 0.6) is 5.75 Å². The number of nitrogens with zero attached hydrogens (tertiary/aromatic N) is 1. The molecule has 1 atom stereocenters. The molecule has 4 rings (SSSR count). The summed E-state index contributed by atoms with van der Waals surface area (Å²) in [6.45, 7) is 0.735. The van der Waals surface area contributed by atoms with Gasteiger partial charge in [0.05, 0.1) is 24.8 Å². The molecule has 1 aliphatic heterocycles. The van der Waals surface area contributed by atoms with Gasteiger partial charge < -0.3 is 15.0 Å². The van der Waals surface area contributed by atoms with Crippen molar-refractivity contribution in [3.8, 4) is 5.75 Å². The minimum atomic E-state index is -5.57. The van der Waals surface area contributed by atoms with Gasteiger partial charge in [0.15, 0.2) is 5.78 Å². The molecule has 0 bridgehead atoms. The van der Waals surface area contributed by atoms with Crippen LogP contribution in [-0.2, 0) is 17.5 Å². The number of halogens is 6. The van der Waals surface area contributed by atoms with E-state index in [-0.39, 0.29) is 11.3 Å². The zero-order valence-electron chi connectivity index (χ0n) is 21.6. The van der Waals surface area contributed by atoms with E-state index < -0.39 is 58.7 Å². The van der Waals surface area contributed by atoms with Crippen molar-refractivity contribution in [1.29, 1.82) is 0 Å². The smallest absolute Gasteiger partial charge is 0.425 e. The monoisotopic (exact) mass is 576 g/mol. The molecule has 214 valence electrons. The summed E-state index contributed by atoms with van der Waals surface area (Å²) in [6.07, 6.45) is -10.5. The molecule has 0 unspecified atom stereocenters. The normalized spacial score (nSPS) is 17.6. The lowest BCUT2D eigenvalue weighted by atomic mass is 9.84. The highest BCUT2D eigenvalue weighted by atomic mass is 19.4. The summed E-state index contributed by atoms with van der Waals surface area (Å²) in [5.41, 5.74) is -7.19. The van der Waals surface area contributed by atoms with E-state index in [4.69, 9.17) is 4.74 Å². The number of hydrogen-bond donors (Lipinski definition) is 1. The second-order valence-electron chi connectivity index (χ2n) is 9.18. The predicted octanol–water partition coefficient (Wildman–Crippen LogP) is 5.94. The Morgan fingerprint density at radius 3 is 2.05 bits per heavy atom. The first-order chi connectivity index (χ1) is 19.2. The number of Topliss-reactive ketones (excluding diaryl/α,β-unsaturated/α-hetero) is 1. The molecule has 0 saturated heterocycles. The molecule has 0 spiro atoms. The number of alkyl halides is 6. The van der Waals surface area contributed by atoms with Crippen LogP contribution >= 0.6 is 0 Å². The molecular weight excluding hydrogens is 554 g/mol. The molecule has 6 nitrogen and oxygen atoms in total. The lowest BCUT2D eigenvalue weighted by Crippen LogP contribution is -2.66. The SMILES string of the molecule is COc1ccc(CN2C(=O)[C@@](NC(=O)c3cccc(C(F)(F)F)c3)(C(F)(F)F)C(C(=O)c3ccccc3)=C2C)cc1. The molecule has 3 aromatic carbocycles. The third-order valence-electron chi connectivity index (χ3n) is 6.65. The van der Waals surface area contributed by atoms with Gasteiger partial charge in [-0.15, -0.1) is 0 Å². The van der Waals surface area contributed by atoms with Crippen molar-refractivity contribution >= 4 is 17.6 Å². The molecule has 0 fully saturated rings. The van der Waals surface area contributed by atoms with Crippen LogP contribution in [0.3, 0.4) is 0 Å². The van der Waals surface area contributed by atoms with E-state index in [1.165, 1.54) is 61.7 Å². The molecule has 0 saturated carbocycles. The van der Waals surface area contributed by atoms with Gasteiger partial charge in [-0.1, -0.05) is 48.5 Å². The summed E-state index contributed by atoms with van der Waals surface area (Å²) in [7, 11) is 1.41. The summed E-state index contributed by atoms with van der Waals surface area (Å²) < 4.78 is 90.0. The van der Waals surface area contributed by atoms with E-state index in [1.807, 2.05) is 0 Å². The van der Waals surface area contributed by atoms with Crippen LogP contribution < -0.4 is 10.1 Å². The van der Waals surface area contributed by atoms with Crippen LogP contribution in [0.4, 0.5) is 26.3 Å². The fourth-order valence-corrected chi connectivity index (χ4v) is 4.57. The maximum atomic E-state index is 15.1. The number of amides is 2. The Labute approximate surface area is 230 Å². The largest absolute Gasteiger partial charge is 0.497 e. The number of benzene rings is 3. The predicted molar refractivity (Wildman–Crippen MR) is 135 cm³/mol. The molecule has 12 heteroatoms. The van der Waals surface area contributed by atoms with E-state index in [0.717, 1.165) is 24.0 Å². The number of nitrogens with one attached hydrogen (secondary N) is 1. The number of carbonyl (C=O) groups excluding carboxylic acids is 3. The van der Waals surface area contributed by atoms with E-state index >= 15 is 13.2 Å². The second kappa shape index (κ2) is 10.8. The van der Waals surface area contributed by atoms with Gasteiger partial charge in [-0.25, -0.2) is 0 Å². The molecule has 0 aliphatic carbocycles. The van der Waals surface area contributed by atoms with Gasteiger partial charge in [-0.3, -0.25) is 14.4 Å². The Morgan fingerprint density at radius 2 is 1.49 bits per heavy atom. The standard InChI is InChI=1S/C29H22F6N2O4/c1-17-23(24(38)19-7-4-3-5-8-19)27(29(33,34)35,26(40)37(17)16-18-11-13-22(41-2)14-12-18)36-25(39)20-9-6-10-21(15-20)28(30,31)32/h3-15H,16H2,1-2H3,(H,36,39)/t27-/m1/s1. The van der Waals surface area contributed by atoms with Gasteiger partial charge in [0.2, 0.25) is 5.54 Å². The van der Waals surface area contributed by atoms with Crippen LogP contribution in [0.15, 0.2) is 90.1 Å². The zero-order chi connectivity index (χ0) is 30.2. The summed E-state index contributed by atoms with van der Waals surface area (Å²) in [5.74, 6) is -4.04. The molecule has 1 heterocycles. The first-order valence-corrected chi connectivity index (χ1v) is 12.0. The maximum absolute atomic E-state index is 15.1. The minimum Gasteiger partial charge on any atom is -0.497 e. The van der Waals surface area contributed by atoms with Crippen molar-refractivity contribution in [2.45, 2.75) is 31.4 Å². The minimum absolute atomic E-state index is 0.192. The van der Waals surface area contributed by atoms with E-state index in [9.17, 15) is 27.6 Å². The molecule has 0 aromatic heterocycles. The molecule has 0 radical (unpaired) electrons. The van der Waals surface area contributed by atoms with E-state index in [1.54, 1.807) is 5.32 Å². The maximum Gasteiger partial charge on any atom is 0.425 e. The lowest BCUT2D eigenvalue weighted by molar-refractivity contribution is -0.189. The molecule has 2 amide bonds. The third-order valence-corrected chi connectivity index (χ3v) is 6.65. The zero-order valence-corrected chi connectivity index (χ0v) is 21.6. The first kappa shape index (κ1) is 29.4. The molecular formula is C29H22F6N2O4. The quantitative estimate of drug-likeness (QED) is 0.279. The molecule has 41 heavy (non-hydrogen) atoms. The summed E-state index contributed by atoms with van der Waals surface area (Å²) in [4.78, 5) is 41.2. The van der Waals surface area contributed by atoms with Crippen molar-refractivity contribution in [3.05, 3.63) is 112 Å². The highest BCUT2D eigenvalue weighted by Crippen LogP contribution is 2.46. The highest BCUT2D eigenvalue weighted by Gasteiger charge is 2.70. The number of methoxy groups -OCH3 is 1. The number of rotatable bonds is 7. The van der Waals surface area contributed by atoms with Gasteiger partial charge in [-0.2, -0.15) is 26.3 Å². The van der Waals surface area contributed by atoms with Crippen LogP contribution in [0.25, 0.3) is 0 Å². The number of ketones is 1. The van der Waals surface area contributed by atoms with Gasteiger partial charge in [0.25, 0.3) is 11.8 Å². The van der Waals surface area contributed by atoms with Crippen LogP contribution in [0.1, 0.15) is 38.8 Å². The van der Waals surface area contributed by atoms with Gasteiger partial charge in [-0.05, 0) is 42.8 Å². The Morgan fingerprint density at radius 1 is 0.878 bits per heavy atom. The number of carbonyl (C=O) groups is 3. The van der Waals surface area contributed by atoms with Gasteiger partial charge in [0.1, 0.15) is 5.75 Å². The van der Waals surface area contributed by atoms with Crippen molar-refractivity contribution in [3.63, 3.8) is 0 Å². The van der Waals surface area contributed by atoms with Crippen LogP contribution in [-0.4, -0.2) is 41.3 Å². The van der Waals surface area contributed by atoms with Gasteiger partial charge >= 0.3 is 12.4 Å². The van der Waals surface area contributed by atoms with Gasteiger partial charge in [0, 0.05) is 16.8 Å². The average molecular weight is 576 g/mol. The Balaban J connectivity index is 1.86. The van der Waals surface area contributed by atoms with Crippen molar-refractivity contribution < 1.29 is 45.5 Å². The summed E-state index contributed by atoms with van der Waals surface area (Å²) in [6, 6.07) is 15.6. The van der Waals surface area contributed by atoms with Crippen molar-refractivity contribution in [1.82, 2.24) is 10.2 Å². The van der Waals surface area contributed by atoms with E-state index in [2.05, 4.69) is 0 Å². The Kier molecular flexibility index (Phi) is 7.70. The average Bonchev–Trinajstić information content (AvgIpc) is 3.15. The fourth-order valence-electron chi connectivity index (χ4n) is 4.57. The fraction of sp³-hybridized carbons (Fsp3) is 0.207.